The molecule has 6 nitrogen and oxygen atoms in total. The molecule has 3 aliphatic heterocycles. The van der Waals surface area contributed by atoms with Crippen molar-refractivity contribution in [1.29, 1.82) is 0 Å². The molecule has 1 unspecified atom stereocenters. The van der Waals surface area contributed by atoms with Crippen LogP contribution < -0.4 is 0 Å². The number of amides is 2. The second-order valence-corrected chi connectivity index (χ2v) is 13.1. The fraction of sp³-hybridized carbons (Fsp3) is 0.455. The van der Waals surface area contributed by atoms with E-state index < -0.39 is 35.0 Å². The van der Waals surface area contributed by atoms with Crippen LogP contribution in [0.4, 0.5) is 26.3 Å². The molecule has 0 spiro atoms. The van der Waals surface area contributed by atoms with Gasteiger partial charge >= 0.3 is 12.4 Å². The van der Waals surface area contributed by atoms with Crippen molar-refractivity contribution in [2.24, 2.45) is 0 Å². The van der Waals surface area contributed by atoms with E-state index in [4.69, 9.17) is 0 Å². The first kappa shape index (κ1) is 32.5. The summed E-state index contributed by atoms with van der Waals surface area (Å²) in [5.74, 6) is -0.949. The SMILES string of the molecule is O=C(c1cc(C(F)(F)F)cc(C(F)(F)F)c1)N1CC[C@H](N2CCN(C3CCN(C(=O)c4cccs4)C3)CC2)[C@H](c2ccccc2)C1. The summed E-state index contributed by atoms with van der Waals surface area (Å²) >= 11 is 1.45. The lowest BCUT2D eigenvalue weighted by atomic mass is 9.84. The monoisotopic (exact) mass is 664 g/mol. The van der Waals surface area contributed by atoms with Crippen LogP contribution in [-0.4, -0.2) is 95.9 Å². The normalized spacial score (nSPS) is 23.6. The molecule has 3 saturated heterocycles. The Morgan fingerprint density at radius 1 is 0.674 bits per heavy atom. The van der Waals surface area contributed by atoms with Gasteiger partial charge in [-0.25, -0.2) is 0 Å². The minimum Gasteiger partial charge on any atom is -0.338 e. The highest BCUT2D eigenvalue weighted by molar-refractivity contribution is 7.12. The number of likely N-dealkylation sites (tertiary alicyclic amines) is 2. The molecule has 0 radical (unpaired) electrons. The highest BCUT2D eigenvalue weighted by atomic mass is 32.1. The van der Waals surface area contributed by atoms with Crippen molar-refractivity contribution in [3.05, 3.63) is 93.2 Å². The number of carbonyl (C=O) groups excluding carboxylic acids is 2. The molecule has 2 amide bonds. The predicted octanol–water partition coefficient (Wildman–Crippen LogP) is 6.32. The summed E-state index contributed by atoms with van der Waals surface area (Å²) in [4.78, 5) is 35.2. The van der Waals surface area contributed by atoms with Gasteiger partial charge in [-0.15, -0.1) is 11.3 Å². The molecule has 0 aliphatic carbocycles. The minimum atomic E-state index is -5.03. The van der Waals surface area contributed by atoms with Gasteiger partial charge in [0.1, 0.15) is 0 Å². The molecule has 0 bridgehead atoms. The molecular weight excluding hydrogens is 630 g/mol. The van der Waals surface area contributed by atoms with Gasteiger partial charge in [-0.3, -0.25) is 19.4 Å². The first-order valence-corrected chi connectivity index (χ1v) is 16.2. The standard InChI is InChI=1S/C33H34F6N4O2S/c34-32(35,36)24-17-23(18-25(19-24)33(37,38)39)30(44)43-11-9-28(27(21-43)22-5-2-1-3-6-22)41-14-12-40(13-15-41)26-8-10-42(20-26)31(45)29-7-4-16-46-29/h1-7,16-19,26-28H,8-15,20-21H2/t26?,27-,28-/m0/s1. The van der Waals surface area contributed by atoms with Crippen molar-refractivity contribution >= 4 is 23.2 Å². The fourth-order valence-electron chi connectivity index (χ4n) is 7.06. The van der Waals surface area contributed by atoms with Crippen LogP contribution in [0.2, 0.25) is 0 Å². The summed E-state index contributed by atoms with van der Waals surface area (Å²) in [6.45, 7) is 4.99. The van der Waals surface area contributed by atoms with Crippen molar-refractivity contribution in [3.8, 4) is 0 Å². The van der Waals surface area contributed by atoms with Gasteiger partial charge in [0.2, 0.25) is 0 Å². The summed E-state index contributed by atoms with van der Waals surface area (Å²) in [5, 5.41) is 1.90. The molecule has 4 heterocycles. The Balaban J connectivity index is 1.14. The first-order chi connectivity index (χ1) is 21.9. The van der Waals surface area contributed by atoms with Crippen LogP contribution in [0, 0.1) is 0 Å². The minimum absolute atomic E-state index is 0.0418. The number of hydrogen-bond acceptors (Lipinski definition) is 5. The quantitative estimate of drug-likeness (QED) is 0.300. The number of halogens is 6. The van der Waals surface area contributed by atoms with E-state index in [-0.39, 0.29) is 43.1 Å². The third-order valence-corrected chi connectivity index (χ3v) is 10.3. The Labute approximate surface area is 267 Å². The lowest BCUT2D eigenvalue weighted by molar-refractivity contribution is -0.143. The predicted molar refractivity (Wildman–Crippen MR) is 162 cm³/mol. The maximum absolute atomic E-state index is 13.5. The van der Waals surface area contributed by atoms with E-state index in [0.717, 1.165) is 49.6 Å². The molecule has 0 N–H and O–H groups in total. The molecule has 0 saturated carbocycles. The third-order valence-electron chi connectivity index (χ3n) is 9.44. The van der Waals surface area contributed by atoms with Gasteiger partial charge in [-0.1, -0.05) is 36.4 Å². The van der Waals surface area contributed by atoms with E-state index in [9.17, 15) is 35.9 Å². The number of rotatable bonds is 5. The molecule has 6 rings (SSSR count). The van der Waals surface area contributed by atoms with Gasteiger partial charge in [0.05, 0.1) is 16.0 Å². The van der Waals surface area contributed by atoms with Gasteiger partial charge in [-0.2, -0.15) is 26.3 Å². The summed E-state index contributed by atoms with van der Waals surface area (Å²) in [5.41, 5.74) is -2.66. The Kier molecular flexibility index (Phi) is 9.19. The summed E-state index contributed by atoms with van der Waals surface area (Å²) < 4.78 is 81.0. The highest BCUT2D eigenvalue weighted by Crippen LogP contribution is 2.38. The molecule has 246 valence electrons. The summed E-state index contributed by atoms with van der Waals surface area (Å²) in [7, 11) is 0. The molecule has 46 heavy (non-hydrogen) atoms. The van der Waals surface area contributed by atoms with Crippen molar-refractivity contribution in [2.45, 2.75) is 43.2 Å². The van der Waals surface area contributed by atoms with Crippen LogP contribution in [0.15, 0.2) is 66.0 Å². The number of thiophene rings is 1. The molecule has 1 aromatic heterocycles. The second-order valence-electron chi connectivity index (χ2n) is 12.2. The van der Waals surface area contributed by atoms with E-state index in [1.807, 2.05) is 52.7 Å². The fourth-order valence-corrected chi connectivity index (χ4v) is 7.76. The molecule has 3 aliphatic rings. The lowest BCUT2D eigenvalue weighted by Crippen LogP contribution is -2.58. The number of benzene rings is 2. The van der Waals surface area contributed by atoms with Gasteiger partial charge in [-0.05, 0) is 48.1 Å². The number of alkyl halides is 6. The van der Waals surface area contributed by atoms with Crippen LogP contribution in [0.1, 0.15) is 55.5 Å². The molecule has 3 aromatic rings. The van der Waals surface area contributed by atoms with E-state index in [0.29, 0.717) is 25.1 Å². The number of piperazine rings is 1. The van der Waals surface area contributed by atoms with E-state index >= 15 is 0 Å². The lowest BCUT2D eigenvalue weighted by Gasteiger charge is -2.47. The molecule has 2 aromatic carbocycles. The van der Waals surface area contributed by atoms with E-state index in [1.54, 1.807) is 0 Å². The average molecular weight is 665 g/mol. The van der Waals surface area contributed by atoms with E-state index in [2.05, 4.69) is 9.80 Å². The van der Waals surface area contributed by atoms with E-state index in [1.165, 1.54) is 16.2 Å². The zero-order valence-electron chi connectivity index (χ0n) is 24.9. The van der Waals surface area contributed by atoms with Crippen molar-refractivity contribution in [3.63, 3.8) is 0 Å². The Bertz CT molecular complexity index is 1490. The zero-order chi connectivity index (χ0) is 32.6. The van der Waals surface area contributed by atoms with Crippen LogP contribution in [-0.2, 0) is 12.4 Å². The Hall–Kier alpha value is -3.42. The maximum atomic E-state index is 13.5. The van der Waals surface area contributed by atoms with Crippen molar-refractivity contribution in [2.75, 3.05) is 52.4 Å². The number of hydrogen-bond donors (Lipinski definition) is 0. The number of nitrogens with zero attached hydrogens (tertiary/aromatic N) is 4. The number of piperidine rings is 1. The van der Waals surface area contributed by atoms with Gasteiger partial charge in [0.15, 0.2) is 0 Å². The topological polar surface area (TPSA) is 47.1 Å². The average Bonchev–Trinajstić information content (AvgIpc) is 3.77. The van der Waals surface area contributed by atoms with Crippen LogP contribution in [0.25, 0.3) is 0 Å². The van der Waals surface area contributed by atoms with Gasteiger partial charge in [0.25, 0.3) is 11.8 Å². The maximum Gasteiger partial charge on any atom is 0.416 e. The largest absolute Gasteiger partial charge is 0.416 e. The van der Waals surface area contributed by atoms with Crippen LogP contribution in [0.3, 0.4) is 0 Å². The second kappa shape index (κ2) is 13.0. The van der Waals surface area contributed by atoms with Crippen LogP contribution >= 0.6 is 11.3 Å². The third kappa shape index (κ3) is 6.96. The molecule has 3 atom stereocenters. The Morgan fingerprint density at radius 3 is 1.89 bits per heavy atom. The Morgan fingerprint density at radius 2 is 1.28 bits per heavy atom. The number of carbonyl (C=O) groups is 2. The van der Waals surface area contributed by atoms with Gasteiger partial charge < -0.3 is 9.80 Å². The zero-order valence-corrected chi connectivity index (χ0v) is 25.8. The van der Waals surface area contributed by atoms with Crippen molar-refractivity contribution in [1.82, 2.24) is 19.6 Å². The molecule has 3 fully saturated rings. The highest BCUT2D eigenvalue weighted by Gasteiger charge is 2.41. The van der Waals surface area contributed by atoms with Crippen LogP contribution in [0.5, 0.6) is 0 Å². The smallest absolute Gasteiger partial charge is 0.338 e. The summed E-state index contributed by atoms with van der Waals surface area (Å²) in [6.07, 6.45) is -8.62. The summed E-state index contributed by atoms with van der Waals surface area (Å²) in [6, 6.07) is 14.7. The van der Waals surface area contributed by atoms with Crippen molar-refractivity contribution < 1.29 is 35.9 Å². The van der Waals surface area contributed by atoms with Gasteiger partial charge in [0, 0.05) is 75.9 Å². The molecule has 13 heteroatoms. The molecular formula is C33H34F6N4O2S. The first-order valence-electron chi connectivity index (χ1n) is 15.3.